The molecular weight excluding hydrogens is 597 g/mol. The van der Waals surface area contributed by atoms with Gasteiger partial charge in [0.15, 0.2) is 0 Å². The summed E-state index contributed by atoms with van der Waals surface area (Å²) in [4.78, 5) is 0. The highest BCUT2D eigenvalue weighted by Crippen LogP contribution is 2.47. The number of benzene rings is 8. The molecule has 0 amide bonds. The molecule has 0 saturated heterocycles. The van der Waals surface area contributed by atoms with E-state index >= 15 is 0 Å². The third-order valence-corrected chi connectivity index (χ3v) is 10.1. The van der Waals surface area contributed by atoms with E-state index in [1.54, 1.807) is 0 Å². The predicted octanol–water partition coefficient (Wildman–Crippen LogP) is 14.0. The molecule has 0 fully saturated rings. The van der Waals surface area contributed by atoms with Gasteiger partial charge in [-0.2, -0.15) is 0 Å². The summed E-state index contributed by atoms with van der Waals surface area (Å²) in [6.07, 6.45) is 6.16. The molecule has 0 aliphatic carbocycles. The number of furan rings is 2. The molecule has 2 nitrogen and oxygen atoms in total. The second-order valence-electron chi connectivity index (χ2n) is 12.7. The highest BCUT2D eigenvalue weighted by molar-refractivity contribution is 6.26. The van der Waals surface area contributed by atoms with Crippen LogP contribution in [0.4, 0.5) is 0 Å². The van der Waals surface area contributed by atoms with E-state index in [0.29, 0.717) is 0 Å². The number of rotatable bonds is 4. The van der Waals surface area contributed by atoms with E-state index in [0.717, 1.165) is 60.6 Å². The van der Waals surface area contributed by atoms with Crippen LogP contribution in [-0.4, -0.2) is 0 Å². The molecule has 2 heterocycles. The minimum atomic E-state index is 0.871. The molecular formula is C47H30O2. The highest BCUT2D eigenvalue weighted by atomic mass is 16.3. The minimum Gasteiger partial charge on any atom is -0.456 e. The molecule has 10 aromatic rings. The van der Waals surface area contributed by atoms with Crippen LogP contribution in [0.1, 0.15) is 18.1 Å². The topological polar surface area (TPSA) is 26.3 Å². The van der Waals surface area contributed by atoms with Crippen LogP contribution in [0.2, 0.25) is 0 Å². The van der Waals surface area contributed by atoms with Crippen LogP contribution in [0.15, 0.2) is 155 Å². The van der Waals surface area contributed by atoms with Gasteiger partial charge in [0.05, 0.1) is 0 Å². The van der Waals surface area contributed by atoms with Crippen LogP contribution in [0.25, 0.3) is 111 Å². The third-order valence-electron chi connectivity index (χ3n) is 10.1. The number of allylic oxidation sites excluding steroid dienone is 1. The molecule has 0 aliphatic heterocycles. The molecule has 10 rings (SSSR count). The molecule has 230 valence electrons. The summed E-state index contributed by atoms with van der Waals surface area (Å²) in [6.45, 7) is 6.25. The van der Waals surface area contributed by atoms with E-state index < -0.39 is 0 Å². The average Bonchev–Trinajstić information content (AvgIpc) is 3.72. The second kappa shape index (κ2) is 10.6. The Hall–Kier alpha value is -6.38. The maximum Gasteiger partial charge on any atom is 0.143 e. The molecule has 0 aliphatic rings. The van der Waals surface area contributed by atoms with Crippen molar-refractivity contribution >= 4 is 88.3 Å². The molecule has 0 bridgehead atoms. The minimum absolute atomic E-state index is 0.871. The number of hydrogen-bond donors (Lipinski definition) is 0. The summed E-state index contributed by atoms with van der Waals surface area (Å²) < 4.78 is 12.9. The van der Waals surface area contributed by atoms with Crippen LogP contribution in [0.3, 0.4) is 0 Å². The van der Waals surface area contributed by atoms with Gasteiger partial charge in [-0.3, -0.25) is 0 Å². The summed E-state index contributed by atoms with van der Waals surface area (Å²) in [5.41, 5.74) is 10.5. The maximum atomic E-state index is 6.66. The predicted molar refractivity (Wildman–Crippen MR) is 209 cm³/mol. The lowest BCUT2D eigenvalue weighted by Crippen LogP contribution is -1.91. The lowest BCUT2D eigenvalue weighted by Gasteiger charge is -2.18. The Morgan fingerprint density at radius 3 is 1.53 bits per heavy atom. The van der Waals surface area contributed by atoms with Gasteiger partial charge >= 0.3 is 0 Å². The fourth-order valence-corrected chi connectivity index (χ4v) is 8.09. The van der Waals surface area contributed by atoms with Gasteiger partial charge in [0.1, 0.15) is 22.3 Å². The highest BCUT2D eigenvalue weighted by Gasteiger charge is 2.21. The van der Waals surface area contributed by atoms with Crippen molar-refractivity contribution in [3.8, 4) is 22.3 Å². The van der Waals surface area contributed by atoms with E-state index in [-0.39, 0.29) is 0 Å². The molecule has 49 heavy (non-hydrogen) atoms. The monoisotopic (exact) mass is 626 g/mol. The molecule has 0 spiro atoms. The van der Waals surface area contributed by atoms with Crippen molar-refractivity contribution < 1.29 is 8.83 Å². The first-order valence-corrected chi connectivity index (χ1v) is 16.7. The first-order valence-electron chi connectivity index (χ1n) is 16.7. The molecule has 2 heteroatoms. The SMILES string of the molecule is C=Cc1c(/C=C\C)c2ccccc2c2c1oc1ccc(-c3c4ccccc4c(-c4ccc5oc6ccccc6c5c4)c4ccccc34)cc12. The number of hydrogen-bond acceptors (Lipinski definition) is 2. The molecule has 8 aromatic carbocycles. The molecule has 2 aromatic heterocycles. The van der Waals surface area contributed by atoms with Gasteiger partial charge in [-0.05, 0) is 97.4 Å². The van der Waals surface area contributed by atoms with E-state index in [1.807, 2.05) is 18.2 Å². The van der Waals surface area contributed by atoms with Crippen molar-refractivity contribution in [1.82, 2.24) is 0 Å². The van der Waals surface area contributed by atoms with E-state index in [2.05, 4.69) is 147 Å². The van der Waals surface area contributed by atoms with Crippen molar-refractivity contribution in [3.05, 3.63) is 157 Å². The van der Waals surface area contributed by atoms with Crippen molar-refractivity contribution in [2.24, 2.45) is 0 Å². The molecule has 0 atom stereocenters. The van der Waals surface area contributed by atoms with Crippen molar-refractivity contribution in [2.75, 3.05) is 0 Å². The van der Waals surface area contributed by atoms with E-state index in [9.17, 15) is 0 Å². The molecule has 0 radical (unpaired) electrons. The fraction of sp³-hybridized carbons (Fsp3) is 0.0213. The lowest BCUT2D eigenvalue weighted by molar-refractivity contribution is 0.668. The zero-order valence-electron chi connectivity index (χ0n) is 27.0. The summed E-state index contributed by atoms with van der Waals surface area (Å²) in [6, 6.07) is 47.8. The second-order valence-corrected chi connectivity index (χ2v) is 12.7. The van der Waals surface area contributed by atoms with Crippen LogP contribution in [-0.2, 0) is 0 Å². The standard InChI is InChI=1S/C47H30O2/c1-3-13-31-30(4-2)47-46(34-16-6-5-14-32(31)34)40-27-29(23-25-43(40)49-47)45-37-19-9-7-17-35(37)44(36-18-8-10-20-38(36)45)28-22-24-42-39(26-28)33-15-11-12-21-41(33)48-42/h3-27H,2H2,1H3/b13-3-. The molecule has 0 unspecified atom stereocenters. The first kappa shape index (κ1) is 27.7. The van der Waals surface area contributed by atoms with Crippen LogP contribution in [0, 0.1) is 0 Å². The van der Waals surface area contributed by atoms with Crippen LogP contribution < -0.4 is 0 Å². The van der Waals surface area contributed by atoms with Crippen molar-refractivity contribution in [3.63, 3.8) is 0 Å². The smallest absolute Gasteiger partial charge is 0.143 e. The van der Waals surface area contributed by atoms with Gasteiger partial charge in [0.2, 0.25) is 0 Å². The van der Waals surface area contributed by atoms with Gasteiger partial charge in [-0.25, -0.2) is 0 Å². The normalized spacial score (nSPS) is 12.2. The van der Waals surface area contributed by atoms with Gasteiger partial charge in [-0.15, -0.1) is 0 Å². The number of fused-ring (bicyclic) bond motifs is 10. The Morgan fingerprint density at radius 1 is 0.449 bits per heavy atom. The fourth-order valence-electron chi connectivity index (χ4n) is 8.09. The Kier molecular flexibility index (Phi) is 5.97. The first-order chi connectivity index (χ1) is 24.2. The van der Waals surface area contributed by atoms with Gasteiger partial charge in [0.25, 0.3) is 0 Å². The zero-order chi connectivity index (χ0) is 32.6. The molecule has 0 saturated carbocycles. The summed E-state index contributed by atoms with van der Waals surface area (Å²) in [7, 11) is 0. The Labute approximate surface area is 282 Å². The van der Waals surface area contributed by atoms with Gasteiger partial charge < -0.3 is 8.83 Å². The Bertz CT molecular complexity index is 2960. The van der Waals surface area contributed by atoms with Crippen LogP contribution in [0.5, 0.6) is 0 Å². The van der Waals surface area contributed by atoms with E-state index in [4.69, 9.17) is 8.83 Å². The maximum absolute atomic E-state index is 6.66. The number of para-hydroxylation sites is 1. The van der Waals surface area contributed by atoms with Gasteiger partial charge in [-0.1, -0.05) is 128 Å². The summed E-state index contributed by atoms with van der Waals surface area (Å²) in [5, 5.41) is 11.7. The Morgan fingerprint density at radius 2 is 0.939 bits per heavy atom. The van der Waals surface area contributed by atoms with Crippen molar-refractivity contribution in [1.29, 1.82) is 0 Å². The van der Waals surface area contributed by atoms with Gasteiger partial charge in [0, 0.05) is 27.1 Å². The lowest BCUT2D eigenvalue weighted by atomic mass is 9.85. The molecule has 0 N–H and O–H groups in total. The largest absolute Gasteiger partial charge is 0.456 e. The summed E-state index contributed by atoms with van der Waals surface area (Å²) >= 11 is 0. The quantitative estimate of drug-likeness (QED) is 0.182. The van der Waals surface area contributed by atoms with Crippen molar-refractivity contribution in [2.45, 2.75) is 6.92 Å². The summed E-state index contributed by atoms with van der Waals surface area (Å²) in [5.74, 6) is 0. The van der Waals surface area contributed by atoms with E-state index in [1.165, 1.54) is 49.0 Å². The van der Waals surface area contributed by atoms with Crippen LogP contribution >= 0.6 is 0 Å². The zero-order valence-corrected chi connectivity index (χ0v) is 27.0. The third kappa shape index (κ3) is 3.95. The average molecular weight is 627 g/mol. The Balaban J connectivity index is 1.29.